The van der Waals surface area contributed by atoms with Crippen LogP contribution in [0.3, 0.4) is 0 Å². The topological polar surface area (TPSA) is 66.5 Å². The van der Waals surface area contributed by atoms with Crippen LogP contribution in [-0.2, 0) is 34.2 Å². The number of nitrogens with one attached hydrogen (secondary N) is 1. The third-order valence-corrected chi connectivity index (χ3v) is 6.66. The fourth-order valence-electron chi connectivity index (χ4n) is 3.27. The van der Waals surface area contributed by atoms with Crippen LogP contribution in [0.15, 0.2) is 36.4 Å². The van der Waals surface area contributed by atoms with Gasteiger partial charge in [0.05, 0.1) is 11.9 Å². The van der Waals surface area contributed by atoms with Gasteiger partial charge in [0.15, 0.2) is 0 Å². The molecule has 0 spiro atoms. The van der Waals surface area contributed by atoms with Gasteiger partial charge < -0.3 is 5.32 Å². The first-order valence-corrected chi connectivity index (χ1v) is 11.9. The molecule has 0 heterocycles. The third kappa shape index (κ3) is 5.73. The van der Waals surface area contributed by atoms with E-state index in [1.165, 1.54) is 11.1 Å². The minimum atomic E-state index is -3.68. The second-order valence-corrected chi connectivity index (χ2v) is 9.46. The number of carbonyl (C=O) groups is 1. The van der Waals surface area contributed by atoms with E-state index in [2.05, 4.69) is 37.4 Å². The Morgan fingerprint density at radius 1 is 1.10 bits per heavy atom. The van der Waals surface area contributed by atoms with E-state index in [1.54, 1.807) is 25.1 Å². The van der Waals surface area contributed by atoms with Gasteiger partial charge in [-0.15, -0.1) is 0 Å². The first-order valence-electron chi connectivity index (χ1n) is 9.72. The molecule has 0 unspecified atom stereocenters. The molecule has 0 fully saturated rings. The number of halogens is 1. The quantitative estimate of drug-likeness (QED) is 0.672. The van der Waals surface area contributed by atoms with Crippen LogP contribution in [0.5, 0.6) is 0 Å². The number of anilines is 1. The highest BCUT2D eigenvalue weighted by Gasteiger charge is 2.29. The second-order valence-electron chi connectivity index (χ2n) is 7.20. The van der Waals surface area contributed by atoms with Crippen LogP contribution in [0.1, 0.15) is 43.0 Å². The SMILES string of the molecule is CCc1ccc(CC)c(CNC(=O)[C@H](C)N(c2ccc(C)c(Cl)c2)S(C)(=O)=O)c1. The molecule has 0 saturated heterocycles. The Bertz CT molecular complexity index is 990. The molecule has 1 N–H and O–H groups in total. The van der Waals surface area contributed by atoms with Gasteiger partial charge in [-0.05, 0) is 61.1 Å². The lowest BCUT2D eigenvalue weighted by Crippen LogP contribution is -2.47. The zero-order valence-corrected chi connectivity index (χ0v) is 19.2. The largest absolute Gasteiger partial charge is 0.350 e. The molecule has 7 heteroatoms. The predicted octanol–water partition coefficient (Wildman–Crippen LogP) is 4.24. The van der Waals surface area contributed by atoms with Crippen molar-refractivity contribution in [3.63, 3.8) is 0 Å². The standard InChI is InChI=1S/C22H29ClN2O3S/c1-6-17-9-10-18(7-2)19(12-17)14-24-22(26)16(4)25(29(5,27)28)20-11-8-15(3)21(23)13-20/h8-13,16H,6-7,14H2,1-5H3,(H,24,26)/t16-/m0/s1. The maximum Gasteiger partial charge on any atom is 0.243 e. The van der Waals surface area contributed by atoms with Crippen molar-refractivity contribution >= 4 is 33.2 Å². The molecule has 0 bridgehead atoms. The average molecular weight is 437 g/mol. The van der Waals surface area contributed by atoms with Crippen LogP contribution in [0.2, 0.25) is 5.02 Å². The van der Waals surface area contributed by atoms with Gasteiger partial charge in [0.25, 0.3) is 0 Å². The van der Waals surface area contributed by atoms with E-state index < -0.39 is 16.1 Å². The van der Waals surface area contributed by atoms with E-state index >= 15 is 0 Å². The molecular weight excluding hydrogens is 408 g/mol. The number of amides is 1. The molecule has 0 aliphatic carbocycles. The minimum absolute atomic E-state index is 0.354. The van der Waals surface area contributed by atoms with E-state index in [-0.39, 0.29) is 5.91 Å². The van der Waals surface area contributed by atoms with Crippen LogP contribution >= 0.6 is 11.6 Å². The summed E-state index contributed by atoms with van der Waals surface area (Å²) in [6, 6.07) is 10.3. The van der Waals surface area contributed by atoms with Gasteiger partial charge in [-0.2, -0.15) is 0 Å². The summed E-state index contributed by atoms with van der Waals surface area (Å²) in [6.45, 7) is 7.92. The monoisotopic (exact) mass is 436 g/mol. The van der Waals surface area contributed by atoms with Gasteiger partial charge in [-0.3, -0.25) is 9.10 Å². The Hall–Kier alpha value is -2.05. The van der Waals surface area contributed by atoms with Gasteiger partial charge in [0, 0.05) is 11.6 Å². The molecule has 0 aliphatic rings. The summed E-state index contributed by atoms with van der Waals surface area (Å²) in [4.78, 5) is 12.8. The maximum absolute atomic E-state index is 12.8. The number of benzene rings is 2. The summed E-state index contributed by atoms with van der Waals surface area (Å²) >= 11 is 6.17. The Labute approximate surface area is 179 Å². The third-order valence-electron chi connectivity index (χ3n) is 5.01. The molecule has 0 aromatic heterocycles. The van der Waals surface area contributed by atoms with E-state index in [9.17, 15) is 13.2 Å². The highest BCUT2D eigenvalue weighted by atomic mass is 35.5. The van der Waals surface area contributed by atoms with Crippen LogP contribution < -0.4 is 9.62 Å². The molecule has 1 amide bonds. The number of hydrogen-bond acceptors (Lipinski definition) is 3. The molecule has 2 aromatic carbocycles. The van der Waals surface area contributed by atoms with Crippen molar-refractivity contribution in [1.29, 1.82) is 0 Å². The van der Waals surface area contributed by atoms with Crippen LogP contribution in [0, 0.1) is 6.92 Å². The molecule has 2 aromatic rings. The zero-order chi connectivity index (χ0) is 21.8. The van der Waals surface area contributed by atoms with Crippen molar-refractivity contribution in [2.45, 2.75) is 53.1 Å². The Balaban J connectivity index is 2.25. The van der Waals surface area contributed by atoms with Gasteiger partial charge in [0.2, 0.25) is 15.9 Å². The number of carbonyl (C=O) groups excluding carboxylic acids is 1. The zero-order valence-electron chi connectivity index (χ0n) is 17.6. The Morgan fingerprint density at radius 2 is 1.79 bits per heavy atom. The number of rotatable bonds is 8. The molecule has 158 valence electrons. The lowest BCUT2D eigenvalue weighted by molar-refractivity contribution is -0.122. The van der Waals surface area contributed by atoms with Crippen LogP contribution in [-0.4, -0.2) is 26.6 Å². The second kappa shape index (κ2) is 9.63. The molecule has 1 atom stereocenters. The van der Waals surface area contributed by atoms with Crippen molar-refractivity contribution in [3.8, 4) is 0 Å². The summed E-state index contributed by atoms with van der Waals surface area (Å²) in [5.41, 5.74) is 4.63. The summed E-state index contributed by atoms with van der Waals surface area (Å²) in [7, 11) is -3.68. The van der Waals surface area contributed by atoms with Crippen molar-refractivity contribution in [2.75, 3.05) is 10.6 Å². The van der Waals surface area contributed by atoms with Gasteiger partial charge >= 0.3 is 0 Å². The maximum atomic E-state index is 12.8. The van der Waals surface area contributed by atoms with E-state index in [1.807, 2.05) is 6.92 Å². The van der Waals surface area contributed by atoms with Gasteiger partial charge in [0.1, 0.15) is 6.04 Å². The van der Waals surface area contributed by atoms with Crippen LogP contribution in [0.4, 0.5) is 5.69 Å². The lowest BCUT2D eigenvalue weighted by atomic mass is 10.0. The first-order chi connectivity index (χ1) is 13.6. The molecule has 0 saturated carbocycles. The Morgan fingerprint density at radius 3 is 2.34 bits per heavy atom. The summed E-state index contributed by atoms with van der Waals surface area (Å²) < 4.78 is 26.0. The smallest absolute Gasteiger partial charge is 0.243 e. The van der Waals surface area contributed by atoms with Gasteiger partial charge in [-0.25, -0.2) is 8.42 Å². The van der Waals surface area contributed by atoms with Gasteiger partial charge in [-0.1, -0.05) is 49.7 Å². The van der Waals surface area contributed by atoms with Crippen molar-refractivity contribution in [3.05, 3.63) is 63.7 Å². The predicted molar refractivity (Wildman–Crippen MR) is 120 cm³/mol. The normalized spacial score (nSPS) is 12.5. The highest BCUT2D eigenvalue weighted by Crippen LogP contribution is 2.26. The lowest BCUT2D eigenvalue weighted by Gasteiger charge is -2.28. The van der Waals surface area contributed by atoms with Crippen LogP contribution in [0.25, 0.3) is 0 Å². The molecule has 5 nitrogen and oxygen atoms in total. The Kier molecular flexibility index (Phi) is 7.72. The summed E-state index contributed by atoms with van der Waals surface area (Å²) in [6.07, 6.45) is 2.86. The fraction of sp³-hybridized carbons (Fsp3) is 0.409. The highest BCUT2D eigenvalue weighted by molar-refractivity contribution is 7.92. The molecule has 0 radical (unpaired) electrons. The minimum Gasteiger partial charge on any atom is -0.350 e. The first kappa shape index (κ1) is 23.2. The molecule has 2 rings (SSSR count). The summed E-state index contributed by atoms with van der Waals surface area (Å²) in [5.74, 6) is -0.365. The van der Waals surface area contributed by atoms with Crippen molar-refractivity contribution < 1.29 is 13.2 Å². The van der Waals surface area contributed by atoms with Crippen molar-refractivity contribution in [2.24, 2.45) is 0 Å². The van der Waals surface area contributed by atoms with E-state index in [0.717, 1.165) is 34.5 Å². The average Bonchev–Trinajstić information content (AvgIpc) is 2.67. The number of hydrogen-bond donors (Lipinski definition) is 1. The number of aryl methyl sites for hydroxylation is 3. The van der Waals surface area contributed by atoms with E-state index in [4.69, 9.17) is 11.6 Å². The molecular formula is C22H29ClN2O3S. The number of nitrogens with zero attached hydrogens (tertiary/aromatic N) is 1. The van der Waals surface area contributed by atoms with Crippen molar-refractivity contribution in [1.82, 2.24) is 5.32 Å². The summed E-state index contributed by atoms with van der Waals surface area (Å²) in [5, 5.41) is 3.35. The number of sulfonamides is 1. The fourth-order valence-corrected chi connectivity index (χ4v) is 4.61. The molecule has 0 aliphatic heterocycles. The molecule has 29 heavy (non-hydrogen) atoms. The van der Waals surface area contributed by atoms with E-state index in [0.29, 0.717) is 17.3 Å².